The molecular formula is C16H32. The molecule has 0 heteroatoms. The van der Waals surface area contributed by atoms with Crippen molar-refractivity contribution in [3.8, 4) is 0 Å². The van der Waals surface area contributed by atoms with Crippen LogP contribution in [-0.4, -0.2) is 0 Å². The third kappa shape index (κ3) is 2.31. The first kappa shape index (κ1) is 14.1. The first-order valence-electron chi connectivity index (χ1n) is 6.91. The minimum atomic E-state index is 0.418. The van der Waals surface area contributed by atoms with Gasteiger partial charge < -0.3 is 0 Å². The minimum absolute atomic E-state index is 0.418. The molecule has 0 atom stereocenters. The Morgan fingerprint density at radius 1 is 0.625 bits per heavy atom. The molecule has 0 aliphatic heterocycles. The van der Waals surface area contributed by atoms with Gasteiger partial charge in [0.1, 0.15) is 0 Å². The average Bonchev–Trinajstić information content (AvgIpc) is 1.98. The SMILES string of the molecule is CC1(C)CCC(C(C)(C)C)(C(C)(C)C)CC1. The van der Waals surface area contributed by atoms with Crippen molar-refractivity contribution in [1.29, 1.82) is 0 Å². The van der Waals surface area contributed by atoms with Crippen molar-refractivity contribution < 1.29 is 0 Å². The van der Waals surface area contributed by atoms with Gasteiger partial charge in [-0.1, -0.05) is 55.4 Å². The summed E-state index contributed by atoms with van der Waals surface area (Å²) in [6, 6.07) is 0. The van der Waals surface area contributed by atoms with Crippen LogP contribution in [0.25, 0.3) is 0 Å². The Morgan fingerprint density at radius 2 is 0.938 bits per heavy atom. The lowest BCUT2D eigenvalue weighted by molar-refractivity contribution is -0.0859. The maximum atomic E-state index is 2.44. The summed E-state index contributed by atoms with van der Waals surface area (Å²) in [5.74, 6) is 0. The van der Waals surface area contributed by atoms with Crippen molar-refractivity contribution in [2.75, 3.05) is 0 Å². The van der Waals surface area contributed by atoms with Gasteiger partial charge in [0.25, 0.3) is 0 Å². The molecule has 0 amide bonds. The smallest absolute Gasteiger partial charge is 0.0200 e. The summed E-state index contributed by atoms with van der Waals surface area (Å²) in [5, 5.41) is 0. The molecule has 0 aromatic heterocycles. The molecule has 0 N–H and O–H groups in total. The van der Waals surface area contributed by atoms with Gasteiger partial charge in [0.15, 0.2) is 0 Å². The quantitative estimate of drug-likeness (QED) is 0.497. The molecule has 0 bridgehead atoms. The normalized spacial score (nSPS) is 25.5. The van der Waals surface area contributed by atoms with E-state index in [0.717, 1.165) is 0 Å². The van der Waals surface area contributed by atoms with Gasteiger partial charge in [-0.05, 0) is 47.3 Å². The van der Waals surface area contributed by atoms with Crippen LogP contribution in [0.15, 0.2) is 0 Å². The van der Waals surface area contributed by atoms with E-state index in [1.54, 1.807) is 0 Å². The molecule has 1 aliphatic carbocycles. The van der Waals surface area contributed by atoms with E-state index in [4.69, 9.17) is 0 Å². The standard InChI is InChI=1S/C16H32/c1-13(2,3)16(14(4,5)6)11-9-15(7,8)10-12-16/h9-12H2,1-8H3. The monoisotopic (exact) mass is 224 g/mol. The minimum Gasteiger partial charge on any atom is -0.0599 e. The highest BCUT2D eigenvalue weighted by Gasteiger charge is 2.52. The Balaban J connectivity index is 3.03. The van der Waals surface area contributed by atoms with E-state index in [-0.39, 0.29) is 0 Å². The van der Waals surface area contributed by atoms with Gasteiger partial charge in [-0.2, -0.15) is 0 Å². The second-order valence-corrected chi connectivity index (χ2v) is 8.75. The molecule has 1 fully saturated rings. The van der Waals surface area contributed by atoms with Crippen molar-refractivity contribution in [3.63, 3.8) is 0 Å². The van der Waals surface area contributed by atoms with Gasteiger partial charge in [0.2, 0.25) is 0 Å². The van der Waals surface area contributed by atoms with Crippen molar-refractivity contribution >= 4 is 0 Å². The molecule has 96 valence electrons. The predicted octanol–water partition coefficient (Wildman–Crippen LogP) is 5.67. The Morgan fingerprint density at radius 3 is 1.19 bits per heavy atom. The lowest BCUT2D eigenvalue weighted by atomic mass is 9.47. The topological polar surface area (TPSA) is 0 Å². The van der Waals surface area contributed by atoms with Crippen LogP contribution in [0.2, 0.25) is 0 Å². The van der Waals surface area contributed by atoms with Gasteiger partial charge in [-0.3, -0.25) is 0 Å². The predicted molar refractivity (Wildman–Crippen MR) is 73.6 cm³/mol. The highest BCUT2D eigenvalue weighted by molar-refractivity contribution is 5.02. The van der Waals surface area contributed by atoms with Gasteiger partial charge in [-0.15, -0.1) is 0 Å². The number of hydrogen-bond acceptors (Lipinski definition) is 0. The highest BCUT2D eigenvalue weighted by Crippen LogP contribution is 2.62. The zero-order chi connectivity index (χ0) is 12.8. The largest absolute Gasteiger partial charge is 0.0599 e. The van der Waals surface area contributed by atoms with E-state index in [1.165, 1.54) is 25.7 Å². The van der Waals surface area contributed by atoms with Crippen LogP contribution in [0.4, 0.5) is 0 Å². The Bertz CT molecular complexity index is 218. The zero-order valence-corrected chi connectivity index (χ0v) is 12.8. The van der Waals surface area contributed by atoms with E-state index in [2.05, 4.69) is 55.4 Å². The van der Waals surface area contributed by atoms with Crippen LogP contribution < -0.4 is 0 Å². The molecule has 0 nitrogen and oxygen atoms in total. The van der Waals surface area contributed by atoms with Gasteiger partial charge in [0.05, 0.1) is 0 Å². The molecule has 0 aromatic rings. The fraction of sp³-hybridized carbons (Fsp3) is 1.00. The number of hydrogen-bond donors (Lipinski definition) is 0. The zero-order valence-electron chi connectivity index (χ0n) is 12.8. The maximum absolute atomic E-state index is 2.44. The molecule has 16 heavy (non-hydrogen) atoms. The van der Waals surface area contributed by atoms with Crippen molar-refractivity contribution in [2.24, 2.45) is 21.7 Å². The summed E-state index contributed by atoms with van der Waals surface area (Å²) in [5.41, 5.74) is 1.92. The van der Waals surface area contributed by atoms with Gasteiger partial charge in [0, 0.05) is 0 Å². The number of rotatable bonds is 0. The third-order valence-corrected chi connectivity index (χ3v) is 5.33. The highest BCUT2D eigenvalue weighted by atomic mass is 14.6. The third-order valence-electron chi connectivity index (χ3n) is 5.33. The summed E-state index contributed by atoms with van der Waals surface area (Å²) >= 11 is 0. The van der Waals surface area contributed by atoms with E-state index in [1.807, 2.05) is 0 Å². The molecule has 0 aromatic carbocycles. The fourth-order valence-electron chi connectivity index (χ4n) is 3.98. The second kappa shape index (κ2) is 3.75. The lowest BCUT2D eigenvalue weighted by Crippen LogP contribution is -2.49. The second-order valence-electron chi connectivity index (χ2n) is 8.75. The summed E-state index contributed by atoms with van der Waals surface area (Å²) in [4.78, 5) is 0. The Kier molecular flexibility index (Phi) is 3.30. The molecule has 1 aliphatic rings. The Hall–Kier alpha value is 0. The van der Waals surface area contributed by atoms with Crippen molar-refractivity contribution in [2.45, 2.75) is 81.1 Å². The van der Waals surface area contributed by atoms with Crippen molar-refractivity contribution in [1.82, 2.24) is 0 Å². The maximum Gasteiger partial charge on any atom is -0.0200 e. The molecule has 0 heterocycles. The van der Waals surface area contributed by atoms with Crippen LogP contribution in [0.5, 0.6) is 0 Å². The van der Waals surface area contributed by atoms with E-state index < -0.39 is 0 Å². The molecule has 1 rings (SSSR count). The van der Waals surface area contributed by atoms with Crippen LogP contribution in [-0.2, 0) is 0 Å². The summed E-state index contributed by atoms with van der Waals surface area (Å²) in [6.45, 7) is 19.5. The summed E-state index contributed by atoms with van der Waals surface area (Å²) < 4.78 is 0. The molecule has 0 radical (unpaired) electrons. The molecule has 0 spiro atoms. The lowest BCUT2D eigenvalue weighted by Gasteiger charge is -2.58. The first-order chi connectivity index (χ1) is 6.91. The summed E-state index contributed by atoms with van der Waals surface area (Å²) in [7, 11) is 0. The molecule has 1 saturated carbocycles. The van der Waals surface area contributed by atoms with Crippen LogP contribution in [0.3, 0.4) is 0 Å². The van der Waals surface area contributed by atoms with Crippen LogP contribution >= 0.6 is 0 Å². The van der Waals surface area contributed by atoms with Gasteiger partial charge >= 0.3 is 0 Å². The first-order valence-corrected chi connectivity index (χ1v) is 6.91. The molecule has 0 saturated heterocycles. The van der Waals surface area contributed by atoms with E-state index in [9.17, 15) is 0 Å². The van der Waals surface area contributed by atoms with Crippen LogP contribution in [0.1, 0.15) is 81.1 Å². The average molecular weight is 224 g/mol. The summed E-state index contributed by atoms with van der Waals surface area (Å²) in [6.07, 6.45) is 5.57. The Labute approximate surface area is 103 Å². The molecule has 0 unspecified atom stereocenters. The fourth-order valence-corrected chi connectivity index (χ4v) is 3.98. The van der Waals surface area contributed by atoms with E-state index in [0.29, 0.717) is 21.7 Å². The van der Waals surface area contributed by atoms with Crippen LogP contribution in [0, 0.1) is 21.7 Å². The van der Waals surface area contributed by atoms with Gasteiger partial charge in [-0.25, -0.2) is 0 Å². The van der Waals surface area contributed by atoms with Crippen molar-refractivity contribution in [3.05, 3.63) is 0 Å². The molecular weight excluding hydrogens is 192 g/mol. The van der Waals surface area contributed by atoms with E-state index >= 15 is 0 Å².